The molecule has 9 heteroatoms. The Balaban J connectivity index is 1.90. The second-order valence-electron chi connectivity index (χ2n) is 6.47. The molecule has 0 atom stereocenters. The third-order valence-corrected chi connectivity index (χ3v) is 5.34. The number of ether oxygens (including phenoxy) is 1. The first-order chi connectivity index (χ1) is 13.5. The molecule has 0 aliphatic carbocycles. The van der Waals surface area contributed by atoms with E-state index in [0.29, 0.717) is 53.8 Å². The van der Waals surface area contributed by atoms with Crippen LogP contribution in [-0.2, 0) is 24.2 Å². The summed E-state index contributed by atoms with van der Waals surface area (Å²) in [6.45, 7) is 3.83. The average molecular weight is 425 g/mol. The number of benzene rings is 1. The molecule has 1 aromatic carbocycles. The first-order valence-corrected chi connectivity index (χ1v) is 9.91. The van der Waals surface area contributed by atoms with Gasteiger partial charge in [-0.15, -0.1) is 0 Å². The minimum atomic E-state index is -0.433. The van der Waals surface area contributed by atoms with Gasteiger partial charge >= 0.3 is 5.97 Å². The number of amides is 1. The fourth-order valence-corrected chi connectivity index (χ4v) is 3.54. The number of rotatable bonds is 6. The summed E-state index contributed by atoms with van der Waals surface area (Å²) in [6, 6.07) is 4.79. The van der Waals surface area contributed by atoms with Crippen molar-refractivity contribution in [3.05, 3.63) is 50.8 Å². The van der Waals surface area contributed by atoms with E-state index in [4.69, 9.17) is 33.7 Å². The van der Waals surface area contributed by atoms with Crippen molar-refractivity contribution in [2.24, 2.45) is 5.73 Å². The molecule has 2 N–H and O–H groups in total. The van der Waals surface area contributed by atoms with Crippen molar-refractivity contribution in [1.82, 2.24) is 14.7 Å². The molecule has 150 valence electrons. The fourth-order valence-electron chi connectivity index (χ4n) is 3.24. The van der Waals surface area contributed by atoms with Gasteiger partial charge in [0, 0.05) is 30.6 Å². The third-order valence-electron chi connectivity index (χ3n) is 4.60. The summed E-state index contributed by atoms with van der Waals surface area (Å²) >= 11 is 12.0. The van der Waals surface area contributed by atoms with Gasteiger partial charge in [-0.3, -0.25) is 9.48 Å². The Morgan fingerprint density at radius 3 is 2.75 bits per heavy atom. The van der Waals surface area contributed by atoms with Crippen molar-refractivity contribution < 1.29 is 14.3 Å². The van der Waals surface area contributed by atoms with Crippen LogP contribution in [0.1, 0.15) is 45.4 Å². The van der Waals surface area contributed by atoms with Crippen molar-refractivity contribution >= 4 is 35.1 Å². The second kappa shape index (κ2) is 8.94. The van der Waals surface area contributed by atoms with Gasteiger partial charge in [0.1, 0.15) is 0 Å². The lowest BCUT2D eigenvalue weighted by Crippen LogP contribution is -2.36. The van der Waals surface area contributed by atoms with E-state index in [1.807, 2.05) is 0 Å². The van der Waals surface area contributed by atoms with Gasteiger partial charge in [0.25, 0.3) is 5.91 Å². The van der Waals surface area contributed by atoms with E-state index >= 15 is 0 Å². The Hall–Kier alpha value is -2.09. The molecular weight excluding hydrogens is 403 g/mol. The number of hydrogen-bond donors (Lipinski definition) is 1. The summed E-state index contributed by atoms with van der Waals surface area (Å²) in [5, 5.41) is 5.29. The van der Waals surface area contributed by atoms with Crippen molar-refractivity contribution in [2.45, 2.75) is 32.9 Å². The number of esters is 1. The molecule has 3 rings (SSSR count). The van der Waals surface area contributed by atoms with Crippen molar-refractivity contribution in [3.63, 3.8) is 0 Å². The van der Waals surface area contributed by atoms with Crippen LogP contribution in [0.5, 0.6) is 0 Å². The summed E-state index contributed by atoms with van der Waals surface area (Å²) in [5.74, 6) is -0.606. The van der Waals surface area contributed by atoms with Gasteiger partial charge in [-0.1, -0.05) is 23.2 Å². The molecule has 7 nitrogen and oxygen atoms in total. The summed E-state index contributed by atoms with van der Waals surface area (Å²) in [4.78, 5) is 27.1. The number of fused-ring (bicyclic) bond motifs is 1. The number of carbonyl (C=O) groups is 2. The number of carbonyl (C=O) groups excluding carboxylic acids is 2. The topological polar surface area (TPSA) is 90.4 Å². The van der Waals surface area contributed by atoms with Gasteiger partial charge in [-0.25, -0.2) is 4.79 Å². The lowest BCUT2D eigenvalue weighted by Gasteiger charge is -2.27. The lowest BCUT2D eigenvalue weighted by atomic mass is 10.0. The van der Waals surface area contributed by atoms with Crippen LogP contribution in [0.4, 0.5) is 0 Å². The number of nitrogens with zero attached hydrogens (tertiary/aromatic N) is 3. The molecule has 0 fully saturated rings. The highest BCUT2D eigenvalue weighted by Crippen LogP contribution is 2.27. The average Bonchev–Trinajstić information content (AvgIpc) is 3.05. The van der Waals surface area contributed by atoms with Gasteiger partial charge in [-0.2, -0.15) is 5.10 Å². The van der Waals surface area contributed by atoms with E-state index in [0.717, 1.165) is 11.3 Å². The molecule has 1 amide bonds. The minimum absolute atomic E-state index is 0.172. The Morgan fingerprint density at radius 1 is 1.29 bits per heavy atom. The Bertz CT molecular complexity index is 898. The van der Waals surface area contributed by atoms with Gasteiger partial charge < -0.3 is 15.4 Å². The molecular formula is C19H22Cl2N4O3. The number of nitrogens with two attached hydrogens (primary N) is 1. The highest BCUT2D eigenvalue weighted by Gasteiger charge is 2.31. The predicted octanol–water partition coefficient (Wildman–Crippen LogP) is 2.91. The van der Waals surface area contributed by atoms with E-state index in [2.05, 4.69) is 5.10 Å². The SMILES string of the molecule is CCOC(=O)c1c2c(nn1CCCN)CCN(C(=O)c1ccc(Cl)c(Cl)c1)C2. The Morgan fingerprint density at radius 2 is 2.07 bits per heavy atom. The summed E-state index contributed by atoms with van der Waals surface area (Å²) in [5.41, 5.74) is 8.00. The smallest absolute Gasteiger partial charge is 0.356 e. The summed E-state index contributed by atoms with van der Waals surface area (Å²) < 4.78 is 6.87. The largest absolute Gasteiger partial charge is 0.461 e. The molecule has 2 aromatic rings. The molecule has 0 spiro atoms. The maximum absolute atomic E-state index is 12.9. The van der Waals surface area contributed by atoms with Crippen molar-refractivity contribution in [1.29, 1.82) is 0 Å². The number of hydrogen-bond acceptors (Lipinski definition) is 5. The molecule has 0 unspecified atom stereocenters. The van der Waals surface area contributed by atoms with Crippen molar-refractivity contribution in [2.75, 3.05) is 19.7 Å². The van der Waals surface area contributed by atoms with E-state index in [1.165, 1.54) is 0 Å². The van der Waals surface area contributed by atoms with Gasteiger partial charge in [0.15, 0.2) is 5.69 Å². The molecule has 0 radical (unpaired) electrons. The molecule has 1 aromatic heterocycles. The molecule has 1 aliphatic rings. The van der Waals surface area contributed by atoms with E-state index in [1.54, 1.807) is 34.7 Å². The van der Waals surface area contributed by atoms with E-state index in [9.17, 15) is 9.59 Å². The second-order valence-corrected chi connectivity index (χ2v) is 7.28. The van der Waals surface area contributed by atoms with Gasteiger partial charge in [-0.05, 0) is 38.1 Å². The van der Waals surface area contributed by atoms with E-state index in [-0.39, 0.29) is 19.1 Å². The number of halogens is 2. The first-order valence-electron chi connectivity index (χ1n) is 9.16. The molecule has 1 aliphatic heterocycles. The third kappa shape index (κ3) is 4.16. The van der Waals surface area contributed by atoms with Crippen LogP contribution in [0.3, 0.4) is 0 Å². The lowest BCUT2D eigenvalue weighted by molar-refractivity contribution is 0.0506. The minimum Gasteiger partial charge on any atom is -0.461 e. The van der Waals surface area contributed by atoms with Crippen LogP contribution in [-0.4, -0.2) is 46.3 Å². The highest BCUT2D eigenvalue weighted by molar-refractivity contribution is 6.42. The standard InChI is InChI=1S/C19H22Cl2N4O3/c1-2-28-19(27)17-13-11-24(9-6-16(13)23-25(17)8-3-7-22)18(26)12-4-5-14(20)15(21)10-12/h4-5,10H,2-3,6-9,11,22H2,1H3. The summed E-state index contributed by atoms with van der Waals surface area (Å²) in [6.07, 6.45) is 1.25. The number of aromatic nitrogens is 2. The van der Waals surface area contributed by atoms with Crippen LogP contribution >= 0.6 is 23.2 Å². The monoisotopic (exact) mass is 424 g/mol. The van der Waals surface area contributed by atoms with Crippen LogP contribution in [0.25, 0.3) is 0 Å². The molecule has 0 saturated heterocycles. The molecule has 0 bridgehead atoms. The zero-order valence-corrected chi connectivity index (χ0v) is 17.1. The van der Waals surface area contributed by atoms with Crippen LogP contribution in [0.2, 0.25) is 10.0 Å². The van der Waals surface area contributed by atoms with Crippen LogP contribution in [0.15, 0.2) is 18.2 Å². The zero-order valence-electron chi connectivity index (χ0n) is 15.6. The maximum Gasteiger partial charge on any atom is 0.356 e. The summed E-state index contributed by atoms with van der Waals surface area (Å²) in [7, 11) is 0. The zero-order chi connectivity index (χ0) is 20.3. The molecule has 0 saturated carbocycles. The molecule has 2 heterocycles. The van der Waals surface area contributed by atoms with Gasteiger partial charge in [0.2, 0.25) is 0 Å². The van der Waals surface area contributed by atoms with E-state index < -0.39 is 5.97 Å². The predicted molar refractivity (Wildman–Crippen MR) is 107 cm³/mol. The van der Waals surface area contributed by atoms with Gasteiger partial charge in [0.05, 0.1) is 28.9 Å². The maximum atomic E-state index is 12.9. The Labute approximate surface area is 173 Å². The van der Waals surface area contributed by atoms with Crippen LogP contribution in [0, 0.1) is 0 Å². The first kappa shape index (κ1) is 20.6. The highest BCUT2D eigenvalue weighted by atomic mass is 35.5. The Kier molecular flexibility index (Phi) is 6.59. The fraction of sp³-hybridized carbons (Fsp3) is 0.421. The van der Waals surface area contributed by atoms with Crippen LogP contribution < -0.4 is 5.73 Å². The normalized spacial score (nSPS) is 13.4. The quantitative estimate of drug-likeness (QED) is 0.719. The van der Waals surface area contributed by atoms with Crippen molar-refractivity contribution in [3.8, 4) is 0 Å². The molecule has 28 heavy (non-hydrogen) atoms. The number of aryl methyl sites for hydroxylation is 1.